The Morgan fingerprint density at radius 1 is 1.05 bits per heavy atom. The first kappa shape index (κ1) is 14.0. The van der Waals surface area contributed by atoms with E-state index in [1.54, 1.807) is 0 Å². The molecule has 1 N–H and O–H groups in total. The van der Waals surface area contributed by atoms with E-state index < -0.39 is 11.6 Å². The highest BCUT2D eigenvalue weighted by Gasteiger charge is 2.08. The normalized spacial score (nSPS) is 10.7. The minimum atomic E-state index is -0.870. The minimum Gasteiger partial charge on any atom is -0.313 e. The van der Waals surface area contributed by atoms with E-state index in [0.717, 1.165) is 30.8 Å². The third-order valence-corrected chi connectivity index (χ3v) is 3.16. The third-order valence-electron chi connectivity index (χ3n) is 2.84. The minimum absolute atomic E-state index is 0.529. The monoisotopic (exact) mass is 281 g/mol. The highest BCUT2D eigenvalue weighted by Crippen LogP contribution is 2.29. The molecule has 0 spiro atoms. The van der Waals surface area contributed by atoms with Gasteiger partial charge in [-0.3, -0.25) is 0 Å². The summed E-state index contributed by atoms with van der Waals surface area (Å²) in [5.74, 6) is -1.73. The van der Waals surface area contributed by atoms with Crippen LogP contribution in [0.5, 0.6) is 0 Å². The zero-order valence-electron chi connectivity index (χ0n) is 10.5. The van der Waals surface area contributed by atoms with Gasteiger partial charge in [-0.05, 0) is 35.9 Å². The van der Waals surface area contributed by atoms with Crippen LogP contribution in [0, 0.1) is 11.6 Å². The predicted octanol–water partition coefficient (Wildman–Crippen LogP) is 4.39. The van der Waals surface area contributed by atoms with Gasteiger partial charge in [0.1, 0.15) is 0 Å². The van der Waals surface area contributed by atoms with Gasteiger partial charge < -0.3 is 5.32 Å². The quantitative estimate of drug-likeness (QED) is 0.876. The lowest BCUT2D eigenvalue weighted by Gasteiger charge is -2.08. The molecule has 0 radical (unpaired) electrons. The maximum atomic E-state index is 13.2. The lowest BCUT2D eigenvalue weighted by Crippen LogP contribution is -2.11. The van der Waals surface area contributed by atoms with Crippen LogP contribution in [0.2, 0.25) is 5.02 Å². The first-order chi connectivity index (χ1) is 9.11. The lowest BCUT2D eigenvalue weighted by molar-refractivity contribution is 0.509. The fourth-order valence-electron chi connectivity index (χ4n) is 1.84. The van der Waals surface area contributed by atoms with Gasteiger partial charge in [-0.2, -0.15) is 0 Å². The average Bonchev–Trinajstić information content (AvgIpc) is 2.40. The summed E-state index contributed by atoms with van der Waals surface area (Å²) in [7, 11) is 0. The molecule has 0 unspecified atom stereocenters. The Morgan fingerprint density at radius 2 is 1.84 bits per heavy atom. The Bertz CT molecular complexity index is 584. The summed E-state index contributed by atoms with van der Waals surface area (Å²) in [6, 6.07) is 9.35. The fourth-order valence-corrected chi connectivity index (χ4v) is 2.15. The second kappa shape index (κ2) is 6.13. The van der Waals surface area contributed by atoms with Crippen LogP contribution in [-0.4, -0.2) is 6.54 Å². The van der Waals surface area contributed by atoms with Crippen LogP contribution in [0.4, 0.5) is 8.78 Å². The summed E-state index contributed by atoms with van der Waals surface area (Å²) in [5, 5.41) is 3.73. The average molecular weight is 282 g/mol. The molecule has 19 heavy (non-hydrogen) atoms. The molecule has 2 rings (SSSR count). The fraction of sp³-hybridized carbons (Fsp3) is 0.200. The van der Waals surface area contributed by atoms with E-state index in [-0.39, 0.29) is 0 Å². The molecule has 0 heterocycles. The molecule has 0 aliphatic heterocycles. The first-order valence-electron chi connectivity index (χ1n) is 6.06. The molecular weight excluding hydrogens is 268 g/mol. The smallest absolute Gasteiger partial charge is 0.159 e. The van der Waals surface area contributed by atoms with Gasteiger partial charge in [0.15, 0.2) is 11.6 Å². The number of benzene rings is 2. The highest BCUT2D eigenvalue weighted by molar-refractivity contribution is 6.33. The van der Waals surface area contributed by atoms with Crippen LogP contribution in [-0.2, 0) is 6.54 Å². The zero-order chi connectivity index (χ0) is 13.8. The number of nitrogens with one attached hydrogen (secondary N) is 1. The van der Waals surface area contributed by atoms with E-state index in [0.29, 0.717) is 16.1 Å². The van der Waals surface area contributed by atoms with Crippen molar-refractivity contribution >= 4 is 11.6 Å². The molecule has 0 fully saturated rings. The first-order valence-corrected chi connectivity index (χ1v) is 6.44. The van der Waals surface area contributed by atoms with Gasteiger partial charge in [-0.15, -0.1) is 0 Å². The molecule has 0 aromatic heterocycles. The van der Waals surface area contributed by atoms with Gasteiger partial charge >= 0.3 is 0 Å². The van der Waals surface area contributed by atoms with Crippen molar-refractivity contribution in [3.05, 3.63) is 58.6 Å². The molecule has 2 aromatic carbocycles. The van der Waals surface area contributed by atoms with Crippen LogP contribution in [0.15, 0.2) is 36.4 Å². The Labute approximate surface area is 116 Å². The molecule has 0 atom stereocenters. The van der Waals surface area contributed by atoms with Crippen LogP contribution in [0.1, 0.15) is 12.5 Å². The van der Waals surface area contributed by atoms with Gasteiger partial charge in [0, 0.05) is 17.1 Å². The topological polar surface area (TPSA) is 12.0 Å². The number of hydrogen-bond donors (Lipinski definition) is 1. The maximum absolute atomic E-state index is 13.2. The third kappa shape index (κ3) is 3.31. The molecular formula is C15H14ClF2N. The molecule has 0 saturated heterocycles. The summed E-state index contributed by atoms with van der Waals surface area (Å²) in [6.07, 6.45) is 0. The summed E-state index contributed by atoms with van der Waals surface area (Å²) in [4.78, 5) is 0. The number of hydrogen-bond acceptors (Lipinski definition) is 1. The van der Waals surface area contributed by atoms with Gasteiger partial charge in [0.05, 0.1) is 0 Å². The summed E-state index contributed by atoms with van der Waals surface area (Å²) in [5.41, 5.74) is 2.32. The summed E-state index contributed by atoms with van der Waals surface area (Å²) < 4.78 is 26.1. The molecule has 0 bridgehead atoms. The highest BCUT2D eigenvalue weighted by atomic mass is 35.5. The molecule has 4 heteroatoms. The standard InChI is InChI=1S/C15H14ClF2N/c1-2-19-9-10-3-5-12(13(16)7-10)11-4-6-14(17)15(18)8-11/h3-8,19H,2,9H2,1H3. The van der Waals surface area contributed by atoms with Crippen molar-refractivity contribution in [1.82, 2.24) is 5.32 Å². The van der Waals surface area contributed by atoms with E-state index in [1.165, 1.54) is 6.07 Å². The van der Waals surface area contributed by atoms with Crippen molar-refractivity contribution in [3.8, 4) is 11.1 Å². The van der Waals surface area contributed by atoms with Gasteiger partial charge in [0.2, 0.25) is 0 Å². The molecule has 2 aromatic rings. The van der Waals surface area contributed by atoms with Crippen molar-refractivity contribution in [2.75, 3.05) is 6.54 Å². The van der Waals surface area contributed by atoms with Crippen molar-refractivity contribution < 1.29 is 8.78 Å². The molecule has 0 saturated carbocycles. The van der Waals surface area contributed by atoms with Crippen LogP contribution < -0.4 is 5.32 Å². The molecule has 100 valence electrons. The van der Waals surface area contributed by atoms with E-state index in [4.69, 9.17) is 11.6 Å². The predicted molar refractivity (Wildman–Crippen MR) is 74.2 cm³/mol. The number of rotatable bonds is 4. The van der Waals surface area contributed by atoms with E-state index in [9.17, 15) is 8.78 Å². The molecule has 0 aliphatic rings. The largest absolute Gasteiger partial charge is 0.313 e. The Kier molecular flexibility index (Phi) is 4.51. The summed E-state index contributed by atoms with van der Waals surface area (Å²) in [6.45, 7) is 3.63. The van der Waals surface area contributed by atoms with Crippen molar-refractivity contribution in [2.45, 2.75) is 13.5 Å². The van der Waals surface area contributed by atoms with Gasteiger partial charge in [-0.1, -0.05) is 36.7 Å². The van der Waals surface area contributed by atoms with Crippen molar-refractivity contribution in [2.24, 2.45) is 0 Å². The van der Waals surface area contributed by atoms with Crippen molar-refractivity contribution in [1.29, 1.82) is 0 Å². The maximum Gasteiger partial charge on any atom is 0.159 e. The van der Waals surface area contributed by atoms with Crippen LogP contribution in [0.25, 0.3) is 11.1 Å². The molecule has 0 amide bonds. The Hall–Kier alpha value is -1.45. The van der Waals surface area contributed by atoms with Crippen LogP contribution in [0.3, 0.4) is 0 Å². The van der Waals surface area contributed by atoms with E-state index >= 15 is 0 Å². The molecule has 0 aliphatic carbocycles. The van der Waals surface area contributed by atoms with Crippen LogP contribution >= 0.6 is 11.6 Å². The Morgan fingerprint density at radius 3 is 2.47 bits per heavy atom. The Balaban J connectivity index is 2.32. The van der Waals surface area contributed by atoms with E-state index in [2.05, 4.69) is 5.32 Å². The van der Waals surface area contributed by atoms with Gasteiger partial charge in [0.25, 0.3) is 0 Å². The second-order valence-corrected chi connectivity index (χ2v) is 4.63. The number of halogens is 3. The molecule has 1 nitrogen and oxygen atoms in total. The van der Waals surface area contributed by atoms with E-state index in [1.807, 2.05) is 25.1 Å². The van der Waals surface area contributed by atoms with Crippen molar-refractivity contribution in [3.63, 3.8) is 0 Å². The summed E-state index contributed by atoms with van der Waals surface area (Å²) >= 11 is 6.19. The lowest BCUT2D eigenvalue weighted by atomic mass is 10.0. The van der Waals surface area contributed by atoms with Gasteiger partial charge in [-0.25, -0.2) is 8.78 Å². The SMILES string of the molecule is CCNCc1ccc(-c2ccc(F)c(F)c2)c(Cl)c1. The second-order valence-electron chi connectivity index (χ2n) is 4.22. The zero-order valence-corrected chi connectivity index (χ0v) is 11.3.